The summed E-state index contributed by atoms with van der Waals surface area (Å²) >= 11 is 1.36. The third kappa shape index (κ3) is 3.84. The van der Waals surface area contributed by atoms with Crippen LogP contribution in [0.4, 0.5) is 15.6 Å². The fourth-order valence-electron chi connectivity index (χ4n) is 2.79. The van der Waals surface area contributed by atoms with Gasteiger partial charge in [-0.15, -0.1) is 0 Å². The Balaban J connectivity index is 1.73. The number of hydrogen-bond acceptors (Lipinski definition) is 6. The molecule has 3 rings (SSSR count). The molecule has 2 amide bonds. The first kappa shape index (κ1) is 17.5. The number of thiazole rings is 1. The maximum atomic E-state index is 12.6. The van der Waals surface area contributed by atoms with Crippen molar-refractivity contribution >= 4 is 44.4 Å². The molecule has 1 fully saturated rings. The van der Waals surface area contributed by atoms with Crippen LogP contribution in [0.1, 0.15) is 33.6 Å². The van der Waals surface area contributed by atoms with E-state index < -0.39 is 17.7 Å². The van der Waals surface area contributed by atoms with Crippen LogP contribution in [0.5, 0.6) is 0 Å². The van der Waals surface area contributed by atoms with Gasteiger partial charge in [-0.1, -0.05) is 17.4 Å². The minimum Gasteiger partial charge on any atom is -0.444 e. The summed E-state index contributed by atoms with van der Waals surface area (Å²) in [6.45, 7) is 5.94. The second-order valence-corrected chi connectivity index (χ2v) is 8.06. The first-order valence-electron chi connectivity index (χ1n) is 8.20. The number of benzene rings is 1. The third-order valence-corrected chi connectivity index (χ3v) is 4.80. The number of carbonyl (C=O) groups is 2. The summed E-state index contributed by atoms with van der Waals surface area (Å²) in [6, 6.07) is 4.98. The molecule has 0 bridgehead atoms. The lowest BCUT2D eigenvalue weighted by atomic mass is 10.2. The van der Waals surface area contributed by atoms with Crippen molar-refractivity contribution in [2.75, 3.05) is 17.6 Å². The number of nitrogens with two attached hydrogens (primary N) is 1. The van der Waals surface area contributed by atoms with E-state index in [-0.39, 0.29) is 5.91 Å². The van der Waals surface area contributed by atoms with Crippen molar-refractivity contribution in [2.24, 2.45) is 0 Å². The highest BCUT2D eigenvalue weighted by molar-refractivity contribution is 7.22. The molecule has 7 nitrogen and oxygen atoms in total. The topological polar surface area (TPSA) is 97.5 Å². The van der Waals surface area contributed by atoms with E-state index in [9.17, 15) is 9.59 Å². The number of nitrogens with one attached hydrogen (secondary N) is 1. The van der Waals surface area contributed by atoms with Crippen molar-refractivity contribution in [3.05, 3.63) is 18.2 Å². The van der Waals surface area contributed by atoms with Crippen LogP contribution in [-0.4, -0.2) is 40.1 Å². The summed E-state index contributed by atoms with van der Waals surface area (Å²) in [4.78, 5) is 30.8. The summed E-state index contributed by atoms with van der Waals surface area (Å²) in [5, 5.41) is 3.29. The molecule has 2 aromatic rings. The third-order valence-electron chi connectivity index (χ3n) is 3.86. The van der Waals surface area contributed by atoms with E-state index in [2.05, 4.69) is 10.3 Å². The number of amides is 2. The molecule has 0 aliphatic carbocycles. The number of fused-ring (bicyclic) bond motifs is 1. The molecule has 1 aliphatic heterocycles. The Morgan fingerprint density at radius 1 is 1.40 bits per heavy atom. The molecule has 134 valence electrons. The van der Waals surface area contributed by atoms with Crippen LogP contribution in [-0.2, 0) is 9.53 Å². The van der Waals surface area contributed by atoms with Crippen LogP contribution in [0.25, 0.3) is 10.2 Å². The molecule has 1 aromatic heterocycles. The van der Waals surface area contributed by atoms with Crippen molar-refractivity contribution in [3.8, 4) is 0 Å². The smallest absolute Gasteiger partial charge is 0.410 e. The molecule has 0 saturated carbocycles. The summed E-state index contributed by atoms with van der Waals surface area (Å²) in [6.07, 6.45) is 0.918. The molecule has 1 atom stereocenters. The van der Waals surface area contributed by atoms with Crippen molar-refractivity contribution in [1.29, 1.82) is 0 Å². The zero-order valence-electron chi connectivity index (χ0n) is 14.5. The van der Waals surface area contributed by atoms with Crippen molar-refractivity contribution < 1.29 is 14.3 Å². The van der Waals surface area contributed by atoms with Crippen LogP contribution in [0.2, 0.25) is 0 Å². The average molecular weight is 362 g/mol. The van der Waals surface area contributed by atoms with E-state index >= 15 is 0 Å². The van der Waals surface area contributed by atoms with Gasteiger partial charge in [-0.3, -0.25) is 9.69 Å². The zero-order chi connectivity index (χ0) is 18.2. The van der Waals surface area contributed by atoms with Gasteiger partial charge in [0.25, 0.3) is 0 Å². The fraction of sp³-hybridized carbons (Fsp3) is 0.471. The number of para-hydroxylation sites is 1. The number of anilines is 2. The van der Waals surface area contributed by atoms with Gasteiger partial charge in [0, 0.05) is 6.54 Å². The van der Waals surface area contributed by atoms with Gasteiger partial charge in [0.15, 0.2) is 5.13 Å². The van der Waals surface area contributed by atoms with Crippen LogP contribution in [0.3, 0.4) is 0 Å². The SMILES string of the molecule is CC(C)(C)OC(=O)N1CCC[C@@H]1C(=O)Nc1nc2c(N)cccc2s1. The number of nitrogens with zero attached hydrogens (tertiary/aromatic N) is 2. The molecule has 25 heavy (non-hydrogen) atoms. The highest BCUT2D eigenvalue weighted by Crippen LogP contribution is 2.30. The predicted octanol–water partition coefficient (Wildman–Crippen LogP) is 3.22. The van der Waals surface area contributed by atoms with Gasteiger partial charge in [0.05, 0.1) is 10.4 Å². The molecular weight excluding hydrogens is 340 g/mol. The number of likely N-dealkylation sites (tertiary alicyclic amines) is 1. The van der Waals surface area contributed by atoms with Gasteiger partial charge in [-0.25, -0.2) is 9.78 Å². The summed E-state index contributed by atoms with van der Waals surface area (Å²) in [5.74, 6) is -0.249. The summed E-state index contributed by atoms with van der Waals surface area (Å²) in [7, 11) is 0. The maximum absolute atomic E-state index is 12.6. The number of nitrogen functional groups attached to an aromatic ring is 1. The summed E-state index contributed by atoms with van der Waals surface area (Å²) < 4.78 is 6.30. The normalized spacial score (nSPS) is 17.7. The van der Waals surface area contributed by atoms with Gasteiger partial charge in [0.2, 0.25) is 5.91 Å². The Morgan fingerprint density at radius 3 is 2.84 bits per heavy atom. The highest BCUT2D eigenvalue weighted by Gasteiger charge is 2.36. The van der Waals surface area contributed by atoms with Crippen LogP contribution < -0.4 is 11.1 Å². The second kappa shape index (κ2) is 6.51. The number of ether oxygens (including phenoxy) is 1. The molecular formula is C17H22N4O3S. The van der Waals surface area contributed by atoms with Crippen LogP contribution >= 0.6 is 11.3 Å². The lowest BCUT2D eigenvalue weighted by molar-refractivity contribution is -0.120. The first-order valence-corrected chi connectivity index (χ1v) is 9.02. The summed E-state index contributed by atoms with van der Waals surface area (Å²) in [5.41, 5.74) is 6.57. The molecule has 8 heteroatoms. The Kier molecular flexibility index (Phi) is 4.55. The highest BCUT2D eigenvalue weighted by atomic mass is 32.1. The lowest BCUT2D eigenvalue weighted by Gasteiger charge is -2.27. The Labute approximate surface area is 150 Å². The first-order chi connectivity index (χ1) is 11.7. The second-order valence-electron chi connectivity index (χ2n) is 7.03. The average Bonchev–Trinajstić information content (AvgIpc) is 3.12. The van der Waals surface area contributed by atoms with E-state index in [1.165, 1.54) is 16.2 Å². The number of aromatic nitrogens is 1. The molecule has 0 spiro atoms. The maximum Gasteiger partial charge on any atom is 0.410 e. The lowest BCUT2D eigenvalue weighted by Crippen LogP contribution is -2.45. The van der Waals surface area contributed by atoms with Gasteiger partial charge in [-0.05, 0) is 45.7 Å². The monoisotopic (exact) mass is 362 g/mol. The Hall–Kier alpha value is -2.35. The molecule has 0 unspecified atom stereocenters. The van der Waals surface area contributed by atoms with Crippen molar-refractivity contribution in [2.45, 2.75) is 45.3 Å². The van der Waals surface area contributed by atoms with Gasteiger partial charge >= 0.3 is 6.09 Å². The molecule has 2 heterocycles. The van der Waals surface area contributed by atoms with E-state index in [0.717, 1.165) is 11.1 Å². The van der Waals surface area contributed by atoms with Crippen LogP contribution in [0, 0.1) is 0 Å². The van der Waals surface area contributed by atoms with Gasteiger partial charge < -0.3 is 15.8 Å². The van der Waals surface area contributed by atoms with E-state index in [0.29, 0.717) is 29.3 Å². The molecule has 1 saturated heterocycles. The molecule has 1 aromatic carbocycles. The van der Waals surface area contributed by atoms with E-state index in [4.69, 9.17) is 10.5 Å². The quantitative estimate of drug-likeness (QED) is 0.800. The predicted molar refractivity (Wildman–Crippen MR) is 98.6 cm³/mol. The minimum atomic E-state index is -0.592. The van der Waals surface area contributed by atoms with Gasteiger partial charge in [0.1, 0.15) is 17.2 Å². The largest absolute Gasteiger partial charge is 0.444 e. The van der Waals surface area contributed by atoms with Crippen molar-refractivity contribution in [1.82, 2.24) is 9.88 Å². The fourth-order valence-corrected chi connectivity index (χ4v) is 3.69. The molecule has 0 radical (unpaired) electrons. The number of rotatable bonds is 2. The Morgan fingerprint density at radius 2 is 2.16 bits per heavy atom. The Bertz CT molecular complexity index is 812. The number of hydrogen-bond donors (Lipinski definition) is 2. The zero-order valence-corrected chi connectivity index (χ0v) is 15.4. The van der Waals surface area contributed by atoms with E-state index in [1.54, 1.807) is 6.07 Å². The minimum absolute atomic E-state index is 0.249. The van der Waals surface area contributed by atoms with Crippen LogP contribution in [0.15, 0.2) is 18.2 Å². The standard InChI is InChI=1S/C17H22N4O3S/c1-17(2,3)24-16(23)21-9-5-7-11(21)14(22)20-15-19-13-10(18)6-4-8-12(13)25-15/h4,6,8,11H,5,7,9,18H2,1-3H3,(H,19,20,22)/t11-/m1/s1. The molecule has 3 N–H and O–H groups in total. The number of carbonyl (C=O) groups excluding carboxylic acids is 2. The van der Waals surface area contributed by atoms with Crippen molar-refractivity contribution in [3.63, 3.8) is 0 Å². The van der Waals surface area contributed by atoms with Gasteiger partial charge in [-0.2, -0.15) is 0 Å². The molecule has 1 aliphatic rings. The van der Waals surface area contributed by atoms with E-state index in [1.807, 2.05) is 32.9 Å².